The topological polar surface area (TPSA) is 23.8 Å². The predicted molar refractivity (Wildman–Crippen MR) is 61.8 cm³/mol. The van der Waals surface area contributed by atoms with Gasteiger partial charge in [-0.2, -0.15) is 5.26 Å². The van der Waals surface area contributed by atoms with E-state index in [9.17, 15) is 0 Å². The van der Waals surface area contributed by atoms with Gasteiger partial charge in [0, 0.05) is 16.2 Å². The van der Waals surface area contributed by atoms with Crippen LogP contribution < -0.4 is 0 Å². The summed E-state index contributed by atoms with van der Waals surface area (Å²) in [4.78, 5) is 2.47. The van der Waals surface area contributed by atoms with Gasteiger partial charge in [-0.1, -0.05) is 39.8 Å². The molecule has 1 unspecified atom stereocenters. The van der Waals surface area contributed by atoms with E-state index in [0.29, 0.717) is 0 Å². The summed E-state index contributed by atoms with van der Waals surface area (Å²) >= 11 is 6.74. The molecule has 1 nitrogen and oxygen atoms in total. The maximum absolute atomic E-state index is 8.89. The molecule has 0 bridgehead atoms. The van der Waals surface area contributed by atoms with Crippen molar-refractivity contribution in [3.8, 4) is 6.07 Å². The van der Waals surface area contributed by atoms with Crippen LogP contribution in [0.2, 0.25) is 0 Å². The Morgan fingerprint density at radius 3 is 3.00 bits per heavy atom. The van der Waals surface area contributed by atoms with E-state index in [0.717, 1.165) is 6.42 Å². The van der Waals surface area contributed by atoms with E-state index < -0.39 is 3.66 Å². The summed E-state index contributed by atoms with van der Waals surface area (Å²) in [7, 11) is 0. The van der Waals surface area contributed by atoms with Crippen LogP contribution >= 0.6 is 39.0 Å². The number of hydrogen-bond donors (Lipinski definition) is 0. The summed E-state index contributed by atoms with van der Waals surface area (Å²) in [5.74, 6) is 0. The highest BCUT2D eigenvalue weighted by molar-refractivity contribution is 9.12. The van der Waals surface area contributed by atoms with Crippen molar-refractivity contribution in [3.63, 3.8) is 0 Å². The minimum absolute atomic E-state index is 0.424. The summed E-state index contributed by atoms with van der Waals surface area (Å²) in [6.45, 7) is 0. The normalized spacial score (nSPS) is 26.9. The number of nitrogens with zero attached hydrogens (tertiary/aromatic N) is 1. The van der Waals surface area contributed by atoms with Gasteiger partial charge in [-0.05, 0) is 11.4 Å². The third-order valence-electron chi connectivity index (χ3n) is 1.75. The van der Waals surface area contributed by atoms with Gasteiger partial charge >= 0.3 is 0 Å². The molecule has 0 radical (unpaired) electrons. The zero-order valence-electron chi connectivity index (χ0n) is 6.66. The first kappa shape index (κ1) is 9.32. The minimum atomic E-state index is -0.424. The monoisotopic (exact) mass is 271 g/mol. The summed E-state index contributed by atoms with van der Waals surface area (Å²) in [6.07, 6.45) is 2.90. The zero-order chi connectivity index (χ0) is 9.31. The summed E-state index contributed by atoms with van der Waals surface area (Å²) in [5.41, 5.74) is 0. The third kappa shape index (κ3) is 1.83. The van der Waals surface area contributed by atoms with Crippen LogP contribution in [0.15, 0.2) is 23.6 Å². The first-order chi connectivity index (χ1) is 6.23. The molecule has 1 atom stereocenters. The highest BCUT2D eigenvalue weighted by atomic mass is 79.9. The molecule has 0 spiro atoms. The fraction of sp³-hybridized carbons (Fsp3) is 0.222. The van der Waals surface area contributed by atoms with Crippen LogP contribution in [0.5, 0.6) is 0 Å². The summed E-state index contributed by atoms with van der Waals surface area (Å²) in [5, 5.41) is 10.9. The van der Waals surface area contributed by atoms with Crippen LogP contribution in [0.3, 0.4) is 0 Å². The molecule has 0 fully saturated rings. The molecule has 0 saturated heterocycles. The Bertz CT molecular complexity index is 377. The van der Waals surface area contributed by atoms with Gasteiger partial charge in [-0.25, -0.2) is 0 Å². The molecule has 4 heteroatoms. The van der Waals surface area contributed by atoms with Gasteiger partial charge < -0.3 is 0 Å². The lowest BCUT2D eigenvalue weighted by atomic mass is 10.3. The van der Waals surface area contributed by atoms with Gasteiger partial charge in [-0.3, -0.25) is 0 Å². The minimum Gasteiger partial charge on any atom is -0.196 e. The molecule has 1 aliphatic heterocycles. The highest BCUT2D eigenvalue weighted by Gasteiger charge is 2.33. The van der Waals surface area contributed by atoms with E-state index >= 15 is 0 Å². The molecular weight excluding hydrogens is 266 g/mol. The summed E-state index contributed by atoms with van der Waals surface area (Å²) in [6, 6.07) is 6.38. The van der Waals surface area contributed by atoms with Gasteiger partial charge in [0.25, 0.3) is 0 Å². The van der Waals surface area contributed by atoms with Crippen LogP contribution in [-0.4, -0.2) is 3.66 Å². The highest BCUT2D eigenvalue weighted by Crippen LogP contribution is 2.50. The molecule has 2 heterocycles. The fourth-order valence-corrected chi connectivity index (χ4v) is 3.63. The molecule has 0 aromatic carbocycles. The Kier molecular flexibility index (Phi) is 2.50. The van der Waals surface area contributed by atoms with Crippen molar-refractivity contribution < 1.29 is 0 Å². The maximum atomic E-state index is 8.89. The van der Waals surface area contributed by atoms with Crippen molar-refractivity contribution >= 4 is 43.9 Å². The number of thioether (sulfide) groups is 1. The Hall–Kier alpha value is -0.240. The molecule has 0 saturated carbocycles. The smallest absolute Gasteiger partial charge is 0.165 e. The molecule has 0 aliphatic carbocycles. The molecule has 13 heavy (non-hydrogen) atoms. The van der Waals surface area contributed by atoms with Crippen molar-refractivity contribution in [1.82, 2.24) is 0 Å². The van der Waals surface area contributed by atoms with E-state index in [2.05, 4.69) is 39.5 Å². The van der Waals surface area contributed by atoms with E-state index in [4.69, 9.17) is 5.26 Å². The molecular formula is C9H6BrNS2. The average Bonchev–Trinajstić information content (AvgIpc) is 2.73. The first-order valence-corrected chi connectivity index (χ1v) is 6.26. The quantitative estimate of drug-likeness (QED) is 0.725. The molecule has 1 aliphatic rings. The Morgan fingerprint density at radius 1 is 1.62 bits per heavy atom. The lowest BCUT2D eigenvalue weighted by molar-refractivity contribution is 1.06. The second kappa shape index (κ2) is 3.49. The Morgan fingerprint density at radius 2 is 2.46 bits per heavy atom. The van der Waals surface area contributed by atoms with E-state index in [1.807, 2.05) is 6.07 Å². The SMILES string of the molecule is N#CC1(Br)CC=C(c2cccs2)S1. The Labute approximate surface area is 93.6 Å². The van der Waals surface area contributed by atoms with Crippen molar-refractivity contribution in [3.05, 3.63) is 28.5 Å². The molecule has 1 aromatic rings. The maximum Gasteiger partial charge on any atom is 0.165 e. The lowest BCUT2D eigenvalue weighted by Crippen LogP contribution is -2.05. The molecule has 2 rings (SSSR count). The van der Waals surface area contributed by atoms with Gasteiger partial charge in [0.15, 0.2) is 3.66 Å². The second-order valence-corrected chi connectivity index (χ2v) is 6.86. The standard InChI is InChI=1S/C9H6BrNS2/c10-9(6-11)4-3-8(13-9)7-2-1-5-12-7/h1-3,5H,4H2. The molecule has 0 amide bonds. The van der Waals surface area contributed by atoms with Crippen LogP contribution in [0, 0.1) is 11.3 Å². The first-order valence-electron chi connectivity index (χ1n) is 3.77. The third-order valence-corrected chi connectivity index (χ3v) is 4.96. The molecule has 1 aromatic heterocycles. The van der Waals surface area contributed by atoms with Crippen LogP contribution in [-0.2, 0) is 0 Å². The van der Waals surface area contributed by atoms with E-state index in [-0.39, 0.29) is 0 Å². The molecule has 66 valence electrons. The predicted octanol–water partition coefficient (Wildman–Crippen LogP) is 3.84. The Balaban J connectivity index is 2.20. The number of nitriles is 1. The fourth-order valence-electron chi connectivity index (χ4n) is 1.12. The largest absolute Gasteiger partial charge is 0.196 e. The van der Waals surface area contributed by atoms with Crippen LogP contribution in [0.4, 0.5) is 0 Å². The molecule has 0 N–H and O–H groups in total. The average molecular weight is 272 g/mol. The van der Waals surface area contributed by atoms with Crippen molar-refractivity contribution in [2.45, 2.75) is 10.1 Å². The van der Waals surface area contributed by atoms with E-state index in [1.54, 1.807) is 23.1 Å². The van der Waals surface area contributed by atoms with Gasteiger partial charge in [0.05, 0.1) is 6.07 Å². The number of hydrogen-bond acceptors (Lipinski definition) is 3. The number of halogens is 1. The lowest BCUT2D eigenvalue weighted by Gasteiger charge is -2.09. The number of alkyl halides is 1. The van der Waals surface area contributed by atoms with Gasteiger partial charge in [0.1, 0.15) is 0 Å². The van der Waals surface area contributed by atoms with Crippen LogP contribution in [0.25, 0.3) is 4.91 Å². The van der Waals surface area contributed by atoms with Gasteiger partial charge in [0.2, 0.25) is 0 Å². The van der Waals surface area contributed by atoms with Crippen molar-refractivity contribution in [2.24, 2.45) is 0 Å². The number of rotatable bonds is 1. The number of allylic oxidation sites excluding steroid dienone is 1. The number of thiophene rings is 1. The van der Waals surface area contributed by atoms with Crippen molar-refractivity contribution in [2.75, 3.05) is 0 Å². The zero-order valence-corrected chi connectivity index (χ0v) is 9.88. The summed E-state index contributed by atoms with van der Waals surface area (Å²) < 4.78 is -0.424. The van der Waals surface area contributed by atoms with E-state index in [1.165, 1.54) is 9.78 Å². The second-order valence-electron chi connectivity index (χ2n) is 2.69. The van der Waals surface area contributed by atoms with Crippen molar-refractivity contribution in [1.29, 1.82) is 5.26 Å². The van der Waals surface area contributed by atoms with Gasteiger partial charge in [-0.15, -0.1) is 11.3 Å². The van der Waals surface area contributed by atoms with Crippen LogP contribution in [0.1, 0.15) is 11.3 Å².